The van der Waals surface area contributed by atoms with Crippen LogP contribution in [0.4, 0.5) is 0 Å². The third-order valence-electron chi connectivity index (χ3n) is 4.26. The van der Waals surface area contributed by atoms with Crippen LogP contribution in [-0.4, -0.2) is 29.5 Å². The maximum absolute atomic E-state index is 11.8. The molecule has 138 valence electrons. The first kappa shape index (κ1) is 18.6. The minimum atomic E-state index is -0.660. The van der Waals surface area contributed by atoms with Gasteiger partial charge in [-0.25, -0.2) is 0 Å². The molecule has 2 aromatic rings. The lowest BCUT2D eigenvalue weighted by Gasteiger charge is -2.33. The predicted octanol–water partition coefficient (Wildman–Crippen LogP) is 3.86. The number of benzene rings is 2. The van der Waals surface area contributed by atoms with Crippen LogP contribution in [0.5, 0.6) is 0 Å². The van der Waals surface area contributed by atoms with Gasteiger partial charge in [0, 0.05) is 6.92 Å². The highest BCUT2D eigenvalue weighted by Gasteiger charge is 2.41. The van der Waals surface area contributed by atoms with Crippen LogP contribution in [0.2, 0.25) is 0 Å². The molecule has 0 aromatic heterocycles. The monoisotopic (exact) mass is 355 g/mol. The molecule has 2 atom stereocenters. The first-order valence-corrected chi connectivity index (χ1v) is 8.80. The number of nitrogens with zero attached hydrogens (tertiary/aromatic N) is 1. The molecule has 3 rings (SSSR count). The Morgan fingerprint density at radius 1 is 1.15 bits per heavy atom. The summed E-state index contributed by atoms with van der Waals surface area (Å²) in [5.74, 6) is -1.02. The molecule has 1 aliphatic heterocycles. The van der Waals surface area contributed by atoms with Crippen molar-refractivity contribution < 1.29 is 19.1 Å². The molecule has 0 saturated carbocycles. The van der Waals surface area contributed by atoms with Crippen LogP contribution in [0.1, 0.15) is 37.9 Å². The number of carbonyl (C=O) groups is 1. The fourth-order valence-corrected chi connectivity index (χ4v) is 3.20. The van der Waals surface area contributed by atoms with E-state index >= 15 is 0 Å². The lowest BCUT2D eigenvalue weighted by molar-refractivity contribution is -0.222. The van der Waals surface area contributed by atoms with Crippen molar-refractivity contribution in [3.63, 3.8) is 0 Å². The van der Waals surface area contributed by atoms with Crippen LogP contribution in [0.25, 0.3) is 0 Å². The van der Waals surface area contributed by atoms with Gasteiger partial charge in [-0.05, 0) is 25.0 Å². The zero-order chi connectivity index (χ0) is 18.6. The lowest BCUT2D eigenvalue weighted by atomic mass is 10.0. The van der Waals surface area contributed by atoms with Crippen LogP contribution in [0, 0.1) is 0 Å². The average Bonchev–Trinajstić information content (AvgIpc) is 2.96. The van der Waals surface area contributed by atoms with Gasteiger partial charge < -0.3 is 14.3 Å². The molecule has 0 spiro atoms. The van der Waals surface area contributed by atoms with Crippen molar-refractivity contribution in [2.24, 2.45) is 0 Å². The van der Waals surface area contributed by atoms with Gasteiger partial charge in [-0.15, -0.1) is 5.06 Å². The Balaban J connectivity index is 1.94. The van der Waals surface area contributed by atoms with E-state index in [1.807, 2.05) is 74.5 Å². The highest BCUT2D eigenvalue weighted by atomic mass is 16.8. The average molecular weight is 355 g/mol. The zero-order valence-corrected chi connectivity index (χ0v) is 15.4. The quantitative estimate of drug-likeness (QED) is 0.737. The molecular formula is C21H25NO4. The van der Waals surface area contributed by atoms with Crippen LogP contribution in [0.3, 0.4) is 0 Å². The summed E-state index contributed by atoms with van der Waals surface area (Å²) in [7, 11) is 0. The van der Waals surface area contributed by atoms with Crippen molar-refractivity contribution in [3.05, 3.63) is 71.8 Å². The van der Waals surface area contributed by atoms with E-state index in [1.165, 1.54) is 6.92 Å². The van der Waals surface area contributed by atoms with Gasteiger partial charge in [0.05, 0.1) is 19.2 Å². The molecule has 0 radical (unpaired) electrons. The molecule has 0 aliphatic carbocycles. The van der Waals surface area contributed by atoms with Gasteiger partial charge in [-0.3, -0.25) is 4.79 Å². The Labute approximate surface area is 154 Å². The van der Waals surface area contributed by atoms with Crippen molar-refractivity contribution in [1.29, 1.82) is 0 Å². The Morgan fingerprint density at radius 3 is 2.31 bits per heavy atom. The standard InChI is InChI=1S/C21H25NO4/c1-16(23)26-22(14-17-10-6-4-7-11-17)20(18-12-8-5-9-13-18)19-15-24-21(2,3)25-19/h4-13,19-20H,14-15H2,1-3H3/t19-,20+/m1/s1. The van der Waals surface area contributed by atoms with Gasteiger partial charge in [-0.1, -0.05) is 60.7 Å². The van der Waals surface area contributed by atoms with Crippen molar-refractivity contribution in [3.8, 4) is 0 Å². The van der Waals surface area contributed by atoms with E-state index in [4.69, 9.17) is 14.3 Å². The van der Waals surface area contributed by atoms with E-state index in [0.717, 1.165) is 11.1 Å². The summed E-state index contributed by atoms with van der Waals surface area (Å²) in [4.78, 5) is 17.4. The van der Waals surface area contributed by atoms with Gasteiger partial charge in [0.25, 0.3) is 0 Å². The maximum Gasteiger partial charge on any atom is 0.322 e. The first-order chi connectivity index (χ1) is 12.4. The second-order valence-electron chi connectivity index (χ2n) is 6.87. The molecular weight excluding hydrogens is 330 g/mol. The lowest BCUT2D eigenvalue weighted by Crippen LogP contribution is -2.39. The Bertz CT molecular complexity index is 717. The third-order valence-corrected chi connectivity index (χ3v) is 4.26. The van der Waals surface area contributed by atoms with Crippen molar-refractivity contribution in [1.82, 2.24) is 5.06 Å². The Kier molecular flexibility index (Phi) is 5.71. The normalized spacial score (nSPS) is 20.1. The van der Waals surface area contributed by atoms with Gasteiger partial charge in [-0.2, -0.15) is 0 Å². The predicted molar refractivity (Wildman–Crippen MR) is 97.8 cm³/mol. The molecule has 26 heavy (non-hydrogen) atoms. The van der Waals surface area contributed by atoms with E-state index < -0.39 is 5.79 Å². The molecule has 1 fully saturated rings. The van der Waals surface area contributed by atoms with Gasteiger partial charge in [0.2, 0.25) is 0 Å². The fourth-order valence-electron chi connectivity index (χ4n) is 3.20. The van der Waals surface area contributed by atoms with E-state index in [1.54, 1.807) is 5.06 Å². The van der Waals surface area contributed by atoms with Gasteiger partial charge in [0.15, 0.2) is 5.79 Å². The first-order valence-electron chi connectivity index (χ1n) is 8.80. The van der Waals surface area contributed by atoms with Crippen molar-refractivity contribution in [2.75, 3.05) is 6.61 Å². The summed E-state index contributed by atoms with van der Waals surface area (Å²) in [5, 5.41) is 1.70. The summed E-state index contributed by atoms with van der Waals surface area (Å²) in [6.07, 6.45) is -0.254. The fraction of sp³-hybridized carbons (Fsp3) is 0.381. The molecule has 0 bridgehead atoms. The number of hydroxylamine groups is 2. The molecule has 5 nitrogen and oxygen atoms in total. The third kappa shape index (κ3) is 4.69. The van der Waals surface area contributed by atoms with Crippen LogP contribution in [-0.2, 0) is 25.7 Å². The van der Waals surface area contributed by atoms with Gasteiger partial charge in [0.1, 0.15) is 6.10 Å². The van der Waals surface area contributed by atoms with Crippen LogP contribution in [0.15, 0.2) is 60.7 Å². The zero-order valence-electron chi connectivity index (χ0n) is 15.4. The molecule has 0 amide bonds. The van der Waals surface area contributed by atoms with Crippen LogP contribution < -0.4 is 0 Å². The van der Waals surface area contributed by atoms with E-state index in [2.05, 4.69) is 0 Å². The molecule has 2 aromatic carbocycles. The second-order valence-corrected chi connectivity index (χ2v) is 6.87. The second kappa shape index (κ2) is 7.99. The summed E-state index contributed by atoms with van der Waals surface area (Å²) < 4.78 is 11.9. The molecule has 1 saturated heterocycles. The SMILES string of the molecule is CC(=O)ON(Cc1ccccc1)[C@@H](c1ccccc1)[C@H]1COC(C)(C)O1. The molecule has 0 N–H and O–H groups in total. The minimum absolute atomic E-state index is 0.254. The number of rotatable bonds is 6. The summed E-state index contributed by atoms with van der Waals surface area (Å²) in [5.41, 5.74) is 2.06. The largest absolute Gasteiger partial charge is 0.367 e. The summed E-state index contributed by atoms with van der Waals surface area (Å²) in [6, 6.07) is 19.6. The molecule has 5 heteroatoms. The summed E-state index contributed by atoms with van der Waals surface area (Å²) in [6.45, 7) is 6.08. The van der Waals surface area contributed by atoms with Crippen LogP contribution >= 0.6 is 0 Å². The topological polar surface area (TPSA) is 48.0 Å². The number of carbonyl (C=O) groups excluding carboxylic acids is 1. The highest BCUT2D eigenvalue weighted by Crippen LogP contribution is 2.35. The van der Waals surface area contributed by atoms with E-state index in [9.17, 15) is 4.79 Å². The summed E-state index contributed by atoms with van der Waals surface area (Å²) >= 11 is 0. The number of hydrogen-bond donors (Lipinski definition) is 0. The van der Waals surface area contributed by atoms with Crippen molar-refractivity contribution >= 4 is 5.97 Å². The Morgan fingerprint density at radius 2 is 1.77 bits per heavy atom. The maximum atomic E-state index is 11.8. The minimum Gasteiger partial charge on any atom is -0.367 e. The Hall–Kier alpha value is -2.21. The number of ether oxygens (including phenoxy) is 2. The van der Waals surface area contributed by atoms with E-state index in [0.29, 0.717) is 13.2 Å². The molecule has 1 heterocycles. The smallest absolute Gasteiger partial charge is 0.322 e. The van der Waals surface area contributed by atoms with Gasteiger partial charge >= 0.3 is 5.97 Å². The highest BCUT2D eigenvalue weighted by molar-refractivity contribution is 5.65. The number of hydrogen-bond acceptors (Lipinski definition) is 5. The van der Waals surface area contributed by atoms with Crippen molar-refractivity contribution in [2.45, 2.75) is 45.2 Å². The molecule has 1 aliphatic rings. The van der Waals surface area contributed by atoms with E-state index in [-0.39, 0.29) is 18.1 Å². The molecule has 0 unspecified atom stereocenters.